The van der Waals surface area contributed by atoms with Crippen LogP contribution in [0.4, 0.5) is 11.5 Å². The largest absolute Gasteiger partial charge is 0.495 e. The van der Waals surface area contributed by atoms with Gasteiger partial charge in [-0.2, -0.15) is 0 Å². The zero-order valence-electron chi connectivity index (χ0n) is 23.3. The highest BCUT2D eigenvalue weighted by Gasteiger charge is 2.22. The van der Waals surface area contributed by atoms with Gasteiger partial charge in [-0.15, -0.1) is 0 Å². The zero-order valence-corrected chi connectivity index (χ0v) is 24.8. The molecule has 9 nitrogen and oxygen atoms in total. The van der Waals surface area contributed by atoms with Crippen molar-refractivity contribution in [3.8, 4) is 11.5 Å². The van der Waals surface area contributed by atoms with Gasteiger partial charge in [0.05, 0.1) is 36.4 Å². The van der Waals surface area contributed by atoms with E-state index in [0.717, 1.165) is 24.1 Å². The number of aromatic nitrogens is 2. The number of carbonyl (C=O) groups excluding carboxylic acids is 2. The first-order valence-electron chi connectivity index (χ1n) is 12.4. The third kappa shape index (κ3) is 7.71. The lowest BCUT2D eigenvalue weighted by Crippen LogP contribution is -2.29. The molecule has 0 radical (unpaired) electrons. The van der Waals surface area contributed by atoms with Gasteiger partial charge in [0.15, 0.2) is 0 Å². The molecule has 212 valence electrons. The van der Waals surface area contributed by atoms with Crippen molar-refractivity contribution >= 4 is 46.5 Å². The van der Waals surface area contributed by atoms with Crippen LogP contribution in [0.2, 0.25) is 10.0 Å². The number of halogens is 2. The van der Waals surface area contributed by atoms with Gasteiger partial charge in [-0.1, -0.05) is 41.9 Å². The van der Waals surface area contributed by atoms with Crippen molar-refractivity contribution in [3.63, 3.8) is 0 Å². The van der Waals surface area contributed by atoms with Crippen LogP contribution in [-0.4, -0.2) is 68.6 Å². The highest BCUT2D eigenvalue weighted by Crippen LogP contribution is 2.40. The van der Waals surface area contributed by atoms with Crippen LogP contribution < -0.4 is 19.7 Å². The van der Waals surface area contributed by atoms with E-state index < -0.39 is 0 Å². The number of ether oxygens (including phenoxy) is 2. The molecule has 0 spiro atoms. The summed E-state index contributed by atoms with van der Waals surface area (Å²) in [5, 5.41) is 3.34. The number of carbonyl (C=O) groups is 2. The third-order valence-electron chi connectivity index (χ3n) is 6.25. The first-order chi connectivity index (χ1) is 19.1. The van der Waals surface area contributed by atoms with E-state index in [-0.39, 0.29) is 28.3 Å². The number of nitrogens with one attached hydrogen (secondary N) is 1. The molecule has 3 aromatic rings. The molecule has 0 unspecified atom stereocenters. The standard InChI is InChI=1S/C29H33Cl2N5O4/c1-7-26(37)34-22-9-8-18(10-11-35(2)3)12-19(22)13-20-14-25(33-17-32-20)36(4)27(38)15-21-28(30)23(39-5)16-24(40-6)29(21)31/h7-9,12,14,16-17H,1,10-11,13,15H2,2-6H3,(H,34,37). The van der Waals surface area contributed by atoms with Crippen LogP contribution in [-0.2, 0) is 28.9 Å². The van der Waals surface area contributed by atoms with E-state index >= 15 is 0 Å². The lowest BCUT2D eigenvalue weighted by atomic mass is 10.0. The Balaban J connectivity index is 1.87. The Morgan fingerprint density at radius 1 is 1.02 bits per heavy atom. The average molecular weight is 587 g/mol. The molecule has 0 saturated carbocycles. The topological polar surface area (TPSA) is 96.9 Å². The number of amides is 2. The van der Waals surface area contributed by atoms with Crippen molar-refractivity contribution in [2.24, 2.45) is 0 Å². The molecule has 2 aromatic carbocycles. The van der Waals surface area contributed by atoms with Crippen LogP contribution in [0.1, 0.15) is 22.4 Å². The maximum Gasteiger partial charge on any atom is 0.247 e. The van der Waals surface area contributed by atoms with Gasteiger partial charge >= 0.3 is 0 Å². The summed E-state index contributed by atoms with van der Waals surface area (Å²) in [6.07, 6.45) is 3.78. The van der Waals surface area contributed by atoms with Crippen molar-refractivity contribution in [1.82, 2.24) is 14.9 Å². The van der Waals surface area contributed by atoms with Crippen molar-refractivity contribution in [2.45, 2.75) is 19.3 Å². The molecule has 40 heavy (non-hydrogen) atoms. The molecule has 3 rings (SSSR count). The molecule has 0 aliphatic rings. The number of hydrogen-bond donors (Lipinski definition) is 1. The summed E-state index contributed by atoms with van der Waals surface area (Å²) in [5.41, 5.74) is 3.74. The molecule has 0 bridgehead atoms. The molecule has 11 heteroatoms. The van der Waals surface area contributed by atoms with Gasteiger partial charge in [0.2, 0.25) is 11.8 Å². The van der Waals surface area contributed by atoms with E-state index in [1.54, 1.807) is 19.2 Å². The number of likely N-dealkylation sites (N-methyl/N-ethyl adjacent to an activating group) is 2. The Kier molecular flexibility index (Phi) is 10.9. The minimum absolute atomic E-state index is 0.104. The molecule has 1 N–H and O–H groups in total. The fraction of sp³-hybridized carbons (Fsp3) is 0.310. The fourth-order valence-electron chi connectivity index (χ4n) is 3.96. The molecule has 0 saturated heterocycles. The normalized spacial score (nSPS) is 10.8. The van der Waals surface area contributed by atoms with Gasteiger partial charge in [0.1, 0.15) is 23.6 Å². The second kappa shape index (κ2) is 14.1. The number of anilines is 2. The van der Waals surface area contributed by atoms with Gasteiger partial charge in [-0.05, 0) is 43.8 Å². The minimum Gasteiger partial charge on any atom is -0.495 e. The Labute approximate surface area is 244 Å². The molecular formula is C29H33Cl2N5O4. The molecule has 2 amide bonds. The van der Waals surface area contributed by atoms with Gasteiger partial charge in [0.25, 0.3) is 0 Å². The van der Waals surface area contributed by atoms with E-state index in [1.807, 2.05) is 26.2 Å². The molecule has 1 heterocycles. The Morgan fingerprint density at radius 3 is 2.30 bits per heavy atom. The molecule has 1 aromatic heterocycles. The monoisotopic (exact) mass is 585 g/mol. The maximum atomic E-state index is 13.3. The van der Waals surface area contributed by atoms with Gasteiger partial charge in [-0.3, -0.25) is 14.5 Å². The van der Waals surface area contributed by atoms with E-state index in [2.05, 4.69) is 32.8 Å². The fourth-order valence-corrected chi connectivity index (χ4v) is 4.59. The number of hydrogen-bond acceptors (Lipinski definition) is 7. The Hall–Kier alpha value is -3.66. The first kappa shape index (κ1) is 30.9. The summed E-state index contributed by atoms with van der Waals surface area (Å²) in [6, 6.07) is 9.24. The number of nitrogens with zero attached hydrogens (tertiary/aromatic N) is 4. The first-order valence-corrected chi connectivity index (χ1v) is 13.2. The summed E-state index contributed by atoms with van der Waals surface area (Å²) in [6.45, 7) is 4.42. The number of methoxy groups -OCH3 is 2. The summed E-state index contributed by atoms with van der Waals surface area (Å²) < 4.78 is 10.6. The van der Waals surface area contributed by atoms with E-state index in [4.69, 9.17) is 32.7 Å². The summed E-state index contributed by atoms with van der Waals surface area (Å²) in [4.78, 5) is 37.5. The SMILES string of the molecule is C=CC(=O)Nc1ccc(CCN(C)C)cc1Cc1cc(N(C)C(=O)Cc2c(Cl)c(OC)cc(OC)c2Cl)ncn1. The van der Waals surface area contributed by atoms with Gasteiger partial charge in [0, 0.05) is 43.4 Å². The quantitative estimate of drug-likeness (QED) is 0.304. The Bertz CT molecular complexity index is 1370. The van der Waals surface area contributed by atoms with Crippen LogP contribution in [0.25, 0.3) is 0 Å². The van der Waals surface area contributed by atoms with Crippen LogP contribution in [0.3, 0.4) is 0 Å². The smallest absolute Gasteiger partial charge is 0.247 e. The van der Waals surface area contributed by atoms with E-state index in [1.165, 1.54) is 31.5 Å². The molecule has 0 aliphatic heterocycles. The van der Waals surface area contributed by atoms with Crippen molar-refractivity contribution in [1.29, 1.82) is 0 Å². The summed E-state index contributed by atoms with van der Waals surface area (Å²) >= 11 is 12.9. The number of rotatable bonds is 12. The van der Waals surface area contributed by atoms with Crippen molar-refractivity contribution in [2.75, 3.05) is 52.1 Å². The predicted octanol–water partition coefficient (Wildman–Crippen LogP) is 4.83. The van der Waals surface area contributed by atoms with Crippen LogP contribution in [0, 0.1) is 0 Å². The average Bonchev–Trinajstić information content (AvgIpc) is 2.95. The molecule has 0 aliphatic carbocycles. The highest BCUT2D eigenvalue weighted by atomic mass is 35.5. The minimum atomic E-state index is -0.303. The molecular weight excluding hydrogens is 553 g/mol. The van der Waals surface area contributed by atoms with Gasteiger partial charge < -0.3 is 19.7 Å². The lowest BCUT2D eigenvalue weighted by molar-refractivity contribution is -0.117. The second-order valence-corrected chi connectivity index (χ2v) is 10.1. The van der Waals surface area contributed by atoms with Crippen LogP contribution >= 0.6 is 23.2 Å². The van der Waals surface area contributed by atoms with Crippen LogP contribution in [0.5, 0.6) is 11.5 Å². The summed E-state index contributed by atoms with van der Waals surface area (Å²) in [5.74, 6) is 0.503. The second-order valence-electron chi connectivity index (χ2n) is 9.30. The zero-order chi connectivity index (χ0) is 29.4. The van der Waals surface area contributed by atoms with Crippen LogP contribution in [0.15, 0.2) is 49.3 Å². The molecule has 0 atom stereocenters. The highest BCUT2D eigenvalue weighted by molar-refractivity contribution is 6.38. The van der Waals surface area contributed by atoms with E-state index in [9.17, 15) is 9.59 Å². The maximum absolute atomic E-state index is 13.3. The summed E-state index contributed by atoms with van der Waals surface area (Å²) in [7, 11) is 8.60. The van der Waals surface area contributed by atoms with E-state index in [0.29, 0.717) is 40.7 Å². The predicted molar refractivity (Wildman–Crippen MR) is 159 cm³/mol. The lowest BCUT2D eigenvalue weighted by Gasteiger charge is -2.19. The molecule has 0 fully saturated rings. The number of benzene rings is 2. The van der Waals surface area contributed by atoms with Crippen molar-refractivity contribution < 1.29 is 19.1 Å². The van der Waals surface area contributed by atoms with Crippen molar-refractivity contribution in [3.05, 3.63) is 81.7 Å². The Morgan fingerprint density at radius 2 is 1.70 bits per heavy atom. The van der Waals surface area contributed by atoms with Gasteiger partial charge in [-0.25, -0.2) is 9.97 Å². The third-order valence-corrected chi connectivity index (χ3v) is 7.08.